The van der Waals surface area contributed by atoms with E-state index in [9.17, 15) is 8.42 Å². The Hall–Kier alpha value is -1.86. The van der Waals surface area contributed by atoms with Gasteiger partial charge in [0, 0.05) is 31.0 Å². The standard InChI is InChI=1S/C14H20N4O2S/c1-9-5-13(6-14(15)10(9)2)21(19,20)16-7-12-8-18(4)17-11(12)3/h5-6,8,16H,7,15H2,1-4H3. The molecular weight excluding hydrogens is 288 g/mol. The second-order valence-electron chi connectivity index (χ2n) is 5.19. The van der Waals surface area contributed by atoms with E-state index in [0.717, 1.165) is 22.4 Å². The van der Waals surface area contributed by atoms with Crippen LogP contribution in [-0.2, 0) is 23.6 Å². The Morgan fingerprint density at radius 3 is 2.48 bits per heavy atom. The molecule has 2 aromatic rings. The van der Waals surface area contributed by atoms with Gasteiger partial charge in [0.15, 0.2) is 0 Å². The number of nitrogen functional groups attached to an aromatic ring is 1. The molecule has 2 rings (SSSR count). The Bertz CT molecular complexity index is 755. The van der Waals surface area contributed by atoms with Crippen LogP contribution in [0.4, 0.5) is 5.69 Å². The first kappa shape index (κ1) is 15.5. The van der Waals surface area contributed by atoms with Crippen LogP contribution >= 0.6 is 0 Å². The third-order valence-corrected chi connectivity index (χ3v) is 4.94. The molecule has 21 heavy (non-hydrogen) atoms. The fraction of sp³-hybridized carbons (Fsp3) is 0.357. The fourth-order valence-electron chi connectivity index (χ4n) is 2.09. The number of aryl methyl sites for hydroxylation is 3. The number of rotatable bonds is 4. The van der Waals surface area contributed by atoms with Gasteiger partial charge in [-0.15, -0.1) is 0 Å². The summed E-state index contributed by atoms with van der Waals surface area (Å²) in [4.78, 5) is 0.185. The van der Waals surface area contributed by atoms with E-state index in [1.165, 1.54) is 6.07 Å². The lowest BCUT2D eigenvalue weighted by atomic mass is 10.1. The predicted molar refractivity (Wildman–Crippen MR) is 82.3 cm³/mol. The van der Waals surface area contributed by atoms with Gasteiger partial charge < -0.3 is 5.73 Å². The van der Waals surface area contributed by atoms with Gasteiger partial charge in [0.05, 0.1) is 10.6 Å². The summed E-state index contributed by atoms with van der Waals surface area (Å²) in [6.07, 6.45) is 1.80. The van der Waals surface area contributed by atoms with Crippen LogP contribution < -0.4 is 10.5 Å². The second kappa shape index (κ2) is 5.50. The van der Waals surface area contributed by atoms with E-state index in [0.29, 0.717) is 5.69 Å². The summed E-state index contributed by atoms with van der Waals surface area (Å²) in [6, 6.07) is 3.12. The highest BCUT2D eigenvalue weighted by molar-refractivity contribution is 7.89. The van der Waals surface area contributed by atoms with E-state index >= 15 is 0 Å². The molecule has 0 saturated carbocycles. The maximum Gasteiger partial charge on any atom is 0.240 e. The minimum Gasteiger partial charge on any atom is -0.398 e. The molecule has 0 unspecified atom stereocenters. The number of anilines is 1. The number of sulfonamides is 1. The van der Waals surface area contributed by atoms with Crippen molar-refractivity contribution in [3.8, 4) is 0 Å². The number of nitrogens with zero attached hydrogens (tertiary/aromatic N) is 2. The Kier molecular flexibility index (Phi) is 4.06. The lowest BCUT2D eigenvalue weighted by Gasteiger charge is -2.10. The van der Waals surface area contributed by atoms with E-state index in [1.807, 2.05) is 20.8 Å². The van der Waals surface area contributed by atoms with Gasteiger partial charge in [-0.2, -0.15) is 5.10 Å². The molecule has 1 aromatic heterocycles. The van der Waals surface area contributed by atoms with Crippen molar-refractivity contribution < 1.29 is 8.42 Å². The molecule has 0 saturated heterocycles. The third kappa shape index (κ3) is 3.25. The van der Waals surface area contributed by atoms with Gasteiger partial charge in [-0.3, -0.25) is 4.68 Å². The fourth-order valence-corrected chi connectivity index (χ4v) is 3.21. The molecule has 0 spiro atoms. The van der Waals surface area contributed by atoms with Crippen LogP contribution in [0.2, 0.25) is 0 Å². The van der Waals surface area contributed by atoms with Crippen LogP contribution in [0.3, 0.4) is 0 Å². The molecule has 0 aliphatic rings. The Labute approximate surface area is 125 Å². The highest BCUT2D eigenvalue weighted by Crippen LogP contribution is 2.21. The molecule has 0 radical (unpaired) electrons. The van der Waals surface area contributed by atoms with Gasteiger partial charge in [0.25, 0.3) is 0 Å². The first-order valence-corrected chi connectivity index (χ1v) is 8.04. The quantitative estimate of drug-likeness (QED) is 0.836. The number of hydrogen-bond donors (Lipinski definition) is 2. The molecule has 0 bridgehead atoms. The van der Waals surface area contributed by atoms with E-state index in [2.05, 4.69) is 9.82 Å². The molecule has 0 aliphatic carbocycles. The average molecular weight is 308 g/mol. The maximum absolute atomic E-state index is 12.3. The van der Waals surface area contributed by atoms with Gasteiger partial charge in [0.2, 0.25) is 10.0 Å². The van der Waals surface area contributed by atoms with Crippen LogP contribution in [0.25, 0.3) is 0 Å². The van der Waals surface area contributed by atoms with Crippen LogP contribution in [0.15, 0.2) is 23.2 Å². The summed E-state index contributed by atoms with van der Waals surface area (Å²) < 4.78 is 28.9. The summed E-state index contributed by atoms with van der Waals surface area (Å²) in [5.41, 5.74) is 9.73. The van der Waals surface area contributed by atoms with Gasteiger partial charge in [0.1, 0.15) is 0 Å². The van der Waals surface area contributed by atoms with Crippen LogP contribution in [0.1, 0.15) is 22.4 Å². The summed E-state index contributed by atoms with van der Waals surface area (Å²) >= 11 is 0. The zero-order valence-corrected chi connectivity index (χ0v) is 13.5. The zero-order valence-electron chi connectivity index (χ0n) is 12.6. The number of hydrogen-bond acceptors (Lipinski definition) is 4. The Morgan fingerprint density at radius 2 is 1.95 bits per heavy atom. The number of benzene rings is 1. The Balaban J connectivity index is 2.25. The minimum absolute atomic E-state index is 0.185. The van der Waals surface area contributed by atoms with Crippen molar-refractivity contribution in [1.29, 1.82) is 0 Å². The third-order valence-electron chi connectivity index (χ3n) is 3.56. The second-order valence-corrected chi connectivity index (χ2v) is 6.96. The van der Waals surface area contributed by atoms with E-state index in [1.54, 1.807) is 24.0 Å². The van der Waals surface area contributed by atoms with Crippen molar-refractivity contribution in [3.05, 3.63) is 40.7 Å². The lowest BCUT2D eigenvalue weighted by Crippen LogP contribution is -2.23. The van der Waals surface area contributed by atoms with Crippen LogP contribution in [0, 0.1) is 20.8 Å². The van der Waals surface area contributed by atoms with E-state index < -0.39 is 10.0 Å². The lowest BCUT2D eigenvalue weighted by molar-refractivity contribution is 0.581. The first-order valence-electron chi connectivity index (χ1n) is 6.56. The average Bonchev–Trinajstić information content (AvgIpc) is 2.71. The molecule has 114 valence electrons. The van der Waals surface area contributed by atoms with Crippen molar-refractivity contribution >= 4 is 15.7 Å². The van der Waals surface area contributed by atoms with Crippen molar-refractivity contribution in [2.45, 2.75) is 32.2 Å². The van der Waals surface area contributed by atoms with E-state index in [-0.39, 0.29) is 11.4 Å². The molecule has 3 N–H and O–H groups in total. The molecule has 0 fully saturated rings. The van der Waals surface area contributed by atoms with Crippen molar-refractivity contribution in [2.24, 2.45) is 7.05 Å². The number of aromatic nitrogens is 2. The zero-order chi connectivity index (χ0) is 15.8. The predicted octanol–water partition coefficient (Wildman–Crippen LogP) is 1.41. The summed E-state index contributed by atoms with van der Waals surface area (Å²) in [7, 11) is -1.79. The number of nitrogens with two attached hydrogens (primary N) is 1. The van der Waals surface area contributed by atoms with Gasteiger partial charge in [-0.1, -0.05) is 0 Å². The molecule has 1 heterocycles. The largest absolute Gasteiger partial charge is 0.398 e. The summed E-state index contributed by atoms with van der Waals surface area (Å²) in [6.45, 7) is 5.76. The van der Waals surface area contributed by atoms with E-state index in [4.69, 9.17) is 5.73 Å². The normalized spacial score (nSPS) is 11.8. The maximum atomic E-state index is 12.3. The summed E-state index contributed by atoms with van der Waals surface area (Å²) in [5.74, 6) is 0. The minimum atomic E-state index is -3.59. The SMILES string of the molecule is Cc1cc(S(=O)(=O)NCc2cn(C)nc2C)cc(N)c1C. The first-order chi connectivity index (χ1) is 9.70. The number of nitrogens with one attached hydrogen (secondary N) is 1. The van der Waals surface area contributed by atoms with Gasteiger partial charge in [-0.05, 0) is 44.0 Å². The van der Waals surface area contributed by atoms with Crippen molar-refractivity contribution in [1.82, 2.24) is 14.5 Å². The molecular formula is C14H20N4O2S. The highest BCUT2D eigenvalue weighted by atomic mass is 32.2. The summed E-state index contributed by atoms with van der Waals surface area (Å²) in [5, 5.41) is 4.19. The molecule has 7 heteroatoms. The van der Waals surface area contributed by atoms with Crippen LogP contribution in [-0.4, -0.2) is 18.2 Å². The van der Waals surface area contributed by atoms with Gasteiger partial charge in [-0.25, -0.2) is 13.1 Å². The molecule has 0 atom stereocenters. The van der Waals surface area contributed by atoms with Crippen LogP contribution in [0.5, 0.6) is 0 Å². The molecule has 1 aromatic carbocycles. The Morgan fingerprint density at radius 1 is 1.29 bits per heavy atom. The molecule has 6 nitrogen and oxygen atoms in total. The topological polar surface area (TPSA) is 90.0 Å². The molecule has 0 aliphatic heterocycles. The molecule has 0 amide bonds. The van der Waals surface area contributed by atoms with Crippen molar-refractivity contribution in [3.63, 3.8) is 0 Å². The van der Waals surface area contributed by atoms with Crippen molar-refractivity contribution in [2.75, 3.05) is 5.73 Å². The van der Waals surface area contributed by atoms with Gasteiger partial charge >= 0.3 is 0 Å². The monoisotopic (exact) mass is 308 g/mol. The highest BCUT2D eigenvalue weighted by Gasteiger charge is 2.17. The smallest absolute Gasteiger partial charge is 0.240 e.